The van der Waals surface area contributed by atoms with Crippen molar-refractivity contribution in [1.82, 2.24) is 5.32 Å². The van der Waals surface area contributed by atoms with Crippen molar-refractivity contribution in [1.29, 1.82) is 0 Å². The number of nitrogens with zero attached hydrogens (tertiary/aromatic N) is 1. The molecule has 136 valence electrons. The Bertz CT molecular complexity index is 838. The summed E-state index contributed by atoms with van der Waals surface area (Å²) in [6.07, 6.45) is 0.675. The van der Waals surface area contributed by atoms with E-state index < -0.39 is 6.04 Å². The van der Waals surface area contributed by atoms with Crippen LogP contribution in [0.5, 0.6) is 5.75 Å². The third-order valence-electron chi connectivity index (χ3n) is 4.24. The number of aryl methyl sites for hydroxylation is 1. The number of halogens is 1. The van der Waals surface area contributed by atoms with Crippen molar-refractivity contribution in [3.8, 4) is 5.75 Å². The predicted molar refractivity (Wildman–Crippen MR) is 102 cm³/mol. The Balaban J connectivity index is 1.66. The minimum absolute atomic E-state index is 0.145. The van der Waals surface area contributed by atoms with Gasteiger partial charge in [0.15, 0.2) is 0 Å². The number of benzene rings is 2. The van der Waals surface area contributed by atoms with Gasteiger partial charge in [-0.1, -0.05) is 23.7 Å². The van der Waals surface area contributed by atoms with Crippen LogP contribution in [-0.2, 0) is 9.59 Å². The number of fused-ring (bicyclic) bond motifs is 1. The lowest BCUT2D eigenvalue weighted by atomic mass is 10.1. The molecule has 1 atom stereocenters. The molecule has 6 heteroatoms. The molecule has 1 aliphatic heterocycles. The normalized spacial score (nSPS) is 15.7. The van der Waals surface area contributed by atoms with E-state index in [2.05, 4.69) is 5.32 Å². The van der Waals surface area contributed by atoms with E-state index in [0.717, 1.165) is 22.6 Å². The zero-order valence-electron chi connectivity index (χ0n) is 14.8. The smallest absolute Gasteiger partial charge is 0.254 e. The highest BCUT2D eigenvalue weighted by atomic mass is 35.5. The monoisotopic (exact) mass is 372 g/mol. The van der Waals surface area contributed by atoms with Crippen LogP contribution in [0, 0.1) is 6.92 Å². The average molecular weight is 373 g/mol. The molecule has 2 aromatic rings. The molecule has 0 bridgehead atoms. The molecule has 0 spiro atoms. The van der Waals surface area contributed by atoms with Gasteiger partial charge in [0.05, 0.1) is 6.61 Å². The molecule has 1 aliphatic rings. The fraction of sp³-hybridized carbons (Fsp3) is 0.300. The van der Waals surface area contributed by atoms with Gasteiger partial charge < -0.3 is 15.0 Å². The van der Waals surface area contributed by atoms with Gasteiger partial charge in [-0.3, -0.25) is 9.59 Å². The van der Waals surface area contributed by atoms with E-state index in [1.165, 1.54) is 6.92 Å². The van der Waals surface area contributed by atoms with E-state index in [1.54, 1.807) is 17.0 Å². The quantitative estimate of drug-likeness (QED) is 0.787. The van der Waals surface area contributed by atoms with Gasteiger partial charge in [-0.05, 0) is 49.2 Å². The maximum absolute atomic E-state index is 12.7. The van der Waals surface area contributed by atoms with E-state index in [4.69, 9.17) is 16.3 Å². The molecule has 2 amide bonds. The molecule has 0 aliphatic carbocycles. The molecule has 0 unspecified atom stereocenters. The molecular formula is C20H21ClN2O3. The predicted octanol–water partition coefficient (Wildman–Crippen LogP) is 3.64. The van der Waals surface area contributed by atoms with Gasteiger partial charge in [0.2, 0.25) is 5.91 Å². The first kappa shape index (κ1) is 18.3. The second kappa shape index (κ2) is 7.79. The standard InChI is InChI=1S/C20H21ClN2O3/c1-13-5-3-6-16(11-13)26-10-4-9-23-18-8-7-15(21)12-17(18)19(20(23)25)22-14(2)24/h3,5-8,11-12,19H,4,9-10H2,1-2H3,(H,22,24)/t19-/m0/s1. The summed E-state index contributed by atoms with van der Waals surface area (Å²) >= 11 is 6.07. The van der Waals surface area contributed by atoms with Gasteiger partial charge in [0.1, 0.15) is 11.8 Å². The van der Waals surface area contributed by atoms with Crippen molar-refractivity contribution >= 4 is 29.1 Å². The number of amides is 2. The largest absolute Gasteiger partial charge is 0.494 e. The van der Waals surface area contributed by atoms with Crippen LogP contribution in [0.4, 0.5) is 5.69 Å². The summed E-state index contributed by atoms with van der Waals surface area (Å²) in [5.74, 6) is 0.424. The lowest BCUT2D eigenvalue weighted by Gasteiger charge is -2.18. The van der Waals surface area contributed by atoms with Gasteiger partial charge in [-0.25, -0.2) is 0 Å². The Morgan fingerprint density at radius 2 is 2.08 bits per heavy atom. The molecule has 26 heavy (non-hydrogen) atoms. The highest BCUT2D eigenvalue weighted by Crippen LogP contribution is 2.37. The highest BCUT2D eigenvalue weighted by Gasteiger charge is 2.37. The van der Waals surface area contributed by atoms with Crippen LogP contribution < -0.4 is 15.0 Å². The van der Waals surface area contributed by atoms with Crippen molar-refractivity contribution in [2.24, 2.45) is 0 Å². The summed E-state index contributed by atoms with van der Waals surface area (Å²) in [4.78, 5) is 25.9. The van der Waals surface area contributed by atoms with Gasteiger partial charge >= 0.3 is 0 Å². The van der Waals surface area contributed by atoms with Crippen molar-refractivity contribution in [2.45, 2.75) is 26.3 Å². The van der Waals surface area contributed by atoms with Crippen molar-refractivity contribution < 1.29 is 14.3 Å². The summed E-state index contributed by atoms with van der Waals surface area (Å²) in [5, 5.41) is 3.25. The molecule has 0 aromatic heterocycles. The van der Waals surface area contributed by atoms with Crippen LogP contribution in [0.25, 0.3) is 0 Å². The lowest BCUT2D eigenvalue weighted by molar-refractivity contribution is -0.126. The Morgan fingerprint density at radius 1 is 1.27 bits per heavy atom. The number of nitrogens with one attached hydrogen (secondary N) is 1. The van der Waals surface area contributed by atoms with E-state index in [9.17, 15) is 9.59 Å². The molecule has 1 N–H and O–H groups in total. The SMILES string of the molecule is CC(=O)N[C@@H]1C(=O)N(CCCOc2cccc(C)c2)c2ccc(Cl)cc21. The summed E-state index contributed by atoms with van der Waals surface area (Å²) < 4.78 is 5.75. The average Bonchev–Trinajstić information content (AvgIpc) is 2.83. The number of anilines is 1. The van der Waals surface area contributed by atoms with Gasteiger partial charge in [0, 0.05) is 29.7 Å². The fourth-order valence-corrected chi connectivity index (χ4v) is 3.28. The number of ether oxygens (including phenoxy) is 1. The number of carbonyl (C=O) groups excluding carboxylic acids is 2. The highest BCUT2D eigenvalue weighted by molar-refractivity contribution is 6.31. The maximum Gasteiger partial charge on any atom is 0.254 e. The maximum atomic E-state index is 12.7. The lowest BCUT2D eigenvalue weighted by Crippen LogP contribution is -2.37. The van der Waals surface area contributed by atoms with Crippen molar-refractivity contribution in [3.05, 3.63) is 58.6 Å². The van der Waals surface area contributed by atoms with E-state index in [1.807, 2.05) is 37.3 Å². The number of rotatable bonds is 6. The molecule has 0 fully saturated rings. The molecule has 3 rings (SSSR count). The van der Waals surface area contributed by atoms with E-state index in [-0.39, 0.29) is 11.8 Å². The minimum Gasteiger partial charge on any atom is -0.494 e. The summed E-state index contributed by atoms with van der Waals surface area (Å²) in [6.45, 7) is 4.42. The first-order valence-electron chi connectivity index (χ1n) is 8.53. The fourth-order valence-electron chi connectivity index (χ4n) is 3.10. The zero-order valence-corrected chi connectivity index (χ0v) is 15.5. The molecule has 2 aromatic carbocycles. The van der Waals surface area contributed by atoms with Crippen LogP contribution in [0.3, 0.4) is 0 Å². The van der Waals surface area contributed by atoms with E-state index >= 15 is 0 Å². The summed E-state index contributed by atoms with van der Waals surface area (Å²) in [7, 11) is 0. The summed E-state index contributed by atoms with van der Waals surface area (Å²) in [5.41, 5.74) is 2.66. The van der Waals surface area contributed by atoms with Crippen LogP contribution in [-0.4, -0.2) is 25.0 Å². The second-order valence-corrected chi connectivity index (χ2v) is 6.78. The second-order valence-electron chi connectivity index (χ2n) is 6.35. The van der Waals surface area contributed by atoms with Crippen LogP contribution in [0.2, 0.25) is 5.02 Å². The Morgan fingerprint density at radius 3 is 2.81 bits per heavy atom. The van der Waals surface area contributed by atoms with Gasteiger partial charge in [-0.2, -0.15) is 0 Å². The Labute approximate surface area is 157 Å². The molecule has 0 radical (unpaired) electrons. The molecule has 1 heterocycles. The molecule has 0 saturated carbocycles. The molecule has 5 nitrogen and oxygen atoms in total. The Kier molecular flexibility index (Phi) is 5.47. The molecule has 0 saturated heterocycles. The third kappa shape index (κ3) is 3.99. The number of carbonyl (C=O) groups is 2. The van der Waals surface area contributed by atoms with Gasteiger partial charge in [0.25, 0.3) is 5.91 Å². The molecular weight excluding hydrogens is 352 g/mol. The van der Waals surface area contributed by atoms with Gasteiger partial charge in [-0.15, -0.1) is 0 Å². The van der Waals surface area contributed by atoms with E-state index in [0.29, 0.717) is 24.6 Å². The Hall–Kier alpha value is -2.53. The first-order valence-corrected chi connectivity index (χ1v) is 8.91. The zero-order chi connectivity index (χ0) is 18.7. The van der Waals surface area contributed by atoms with Crippen LogP contribution in [0.15, 0.2) is 42.5 Å². The van der Waals surface area contributed by atoms with Crippen LogP contribution >= 0.6 is 11.6 Å². The van der Waals surface area contributed by atoms with Crippen molar-refractivity contribution in [2.75, 3.05) is 18.1 Å². The van der Waals surface area contributed by atoms with Crippen LogP contribution in [0.1, 0.15) is 30.5 Å². The van der Waals surface area contributed by atoms with Crippen molar-refractivity contribution in [3.63, 3.8) is 0 Å². The third-order valence-corrected chi connectivity index (χ3v) is 4.47. The first-order chi connectivity index (χ1) is 12.5. The minimum atomic E-state index is -0.682. The topological polar surface area (TPSA) is 58.6 Å². The number of hydrogen-bond donors (Lipinski definition) is 1. The summed E-state index contributed by atoms with van der Waals surface area (Å²) in [6, 6.07) is 12.5. The number of hydrogen-bond acceptors (Lipinski definition) is 3.